The number of rotatable bonds is 4. The third kappa shape index (κ3) is 3.37. The van der Waals surface area contributed by atoms with Crippen molar-refractivity contribution in [2.75, 3.05) is 20.2 Å². The third-order valence-corrected chi connectivity index (χ3v) is 4.16. The Morgan fingerprint density at radius 3 is 2.90 bits per heavy atom. The van der Waals surface area contributed by atoms with Crippen molar-refractivity contribution in [1.82, 2.24) is 10.2 Å². The van der Waals surface area contributed by atoms with Crippen LogP contribution in [0.2, 0.25) is 0 Å². The van der Waals surface area contributed by atoms with Gasteiger partial charge < -0.3 is 10.1 Å². The van der Waals surface area contributed by atoms with Crippen LogP contribution < -0.4 is 5.32 Å². The summed E-state index contributed by atoms with van der Waals surface area (Å²) in [6.45, 7) is 9.08. The zero-order valence-corrected chi connectivity index (χ0v) is 12.8. The summed E-state index contributed by atoms with van der Waals surface area (Å²) in [7, 11) is 1.65. The van der Waals surface area contributed by atoms with Crippen molar-refractivity contribution in [3.05, 3.63) is 35.1 Å². The Labute approximate surface area is 121 Å². The summed E-state index contributed by atoms with van der Waals surface area (Å²) >= 11 is 0. The second-order valence-electron chi connectivity index (χ2n) is 5.81. The normalized spacial score (nSPS) is 25.6. The van der Waals surface area contributed by atoms with Crippen LogP contribution >= 0.6 is 0 Å². The summed E-state index contributed by atoms with van der Waals surface area (Å²) < 4.78 is 18.6. The van der Waals surface area contributed by atoms with Gasteiger partial charge in [0.15, 0.2) is 0 Å². The number of halogens is 1. The number of nitrogens with one attached hydrogen (secondary N) is 1. The maximum Gasteiger partial charge on any atom is 0.123 e. The average molecular weight is 280 g/mol. The first-order valence-corrected chi connectivity index (χ1v) is 7.29. The number of hydrogen-bond acceptors (Lipinski definition) is 3. The van der Waals surface area contributed by atoms with E-state index in [0.717, 1.165) is 24.2 Å². The highest BCUT2D eigenvalue weighted by atomic mass is 19.1. The van der Waals surface area contributed by atoms with Crippen LogP contribution in [0, 0.1) is 5.82 Å². The molecule has 1 heterocycles. The fourth-order valence-electron chi connectivity index (χ4n) is 3.03. The number of methoxy groups -OCH3 is 1. The van der Waals surface area contributed by atoms with Gasteiger partial charge in [-0.05, 0) is 44.0 Å². The molecule has 0 aromatic heterocycles. The Bertz CT molecular complexity index is 452. The number of ether oxygens (including phenoxy) is 1. The van der Waals surface area contributed by atoms with E-state index in [2.05, 4.69) is 31.0 Å². The summed E-state index contributed by atoms with van der Waals surface area (Å²) in [6.07, 6.45) is 0. The SMILES string of the molecule is COCc1cc(F)ccc1C(C)N1C[C@H](C)NC[C@H]1C. The van der Waals surface area contributed by atoms with Crippen LogP contribution in [0.25, 0.3) is 0 Å². The van der Waals surface area contributed by atoms with Crippen LogP contribution in [0.15, 0.2) is 18.2 Å². The smallest absolute Gasteiger partial charge is 0.123 e. The van der Waals surface area contributed by atoms with Gasteiger partial charge in [-0.2, -0.15) is 0 Å². The van der Waals surface area contributed by atoms with Gasteiger partial charge in [-0.25, -0.2) is 4.39 Å². The lowest BCUT2D eigenvalue weighted by Gasteiger charge is -2.42. The molecule has 1 aliphatic rings. The highest BCUT2D eigenvalue weighted by Gasteiger charge is 2.28. The highest BCUT2D eigenvalue weighted by molar-refractivity contribution is 5.30. The lowest BCUT2D eigenvalue weighted by atomic mass is 9.97. The fourth-order valence-corrected chi connectivity index (χ4v) is 3.03. The molecule has 20 heavy (non-hydrogen) atoms. The monoisotopic (exact) mass is 280 g/mol. The number of benzene rings is 1. The molecule has 3 atom stereocenters. The topological polar surface area (TPSA) is 24.5 Å². The maximum atomic E-state index is 13.4. The summed E-state index contributed by atoms with van der Waals surface area (Å²) in [5, 5.41) is 3.49. The molecule has 2 rings (SSSR count). The Kier molecular flexibility index (Phi) is 5.13. The van der Waals surface area contributed by atoms with Crippen LogP contribution in [0.3, 0.4) is 0 Å². The van der Waals surface area contributed by atoms with Crippen LogP contribution in [-0.4, -0.2) is 37.2 Å². The van der Waals surface area contributed by atoms with Gasteiger partial charge in [0.2, 0.25) is 0 Å². The first-order valence-electron chi connectivity index (χ1n) is 7.29. The van der Waals surface area contributed by atoms with Crippen molar-refractivity contribution < 1.29 is 9.13 Å². The minimum Gasteiger partial charge on any atom is -0.380 e. The minimum absolute atomic E-state index is 0.199. The van der Waals surface area contributed by atoms with Gasteiger partial charge in [0, 0.05) is 38.3 Å². The highest BCUT2D eigenvalue weighted by Crippen LogP contribution is 2.28. The van der Waals surface area contributed by atoms with Gasteiger partial charge in [0.1, 0.15) is 5.82 Å². The van der Waals surface area contributed by atoms with E-state index < -0.39 is 0 Å². The molecule has 0 amide bonds. The molecule has 1 fully saturated rings. The quantitative estimate of drug-likeness (QED) is 0.918. The first-order chi connectivity index (χ1) is 9.52. The molecule has 1 unspecified atom stereocenters. The molecule has 1 saturated heterocycles. The summed E-state index contributed by atoms with van der Waals surface area (Å²) in [6, 6.07) is 6.25. The molecule has 3 nitrogen and oxygen atoms in total. The van der Waals surface area contributed by atoms with Gasteiger partial charge >= 0.3 is 0 Å². The average Bonchev–Trinajstić information content (AvgIpc) is 2.41. The molecule has 1 N–H and O–H groups in total. The first kappa shape index (κ1) is 15.4. The van der Waals surface area contributed by atoms with Crippen molar-refractivity contribution in [3.8, 4) is 0 Å². The Morgan fingerprint density at radius 2 is 2.20 bits per heavy atom. The lowest BCUT2D eigenvalue weighted by Crippen LogP contribution is -2.54. The largest absolute Gasteiger partial charge is 0.380 e. The molecule has 1 aliphatic heterocycles. The summed E-state index contributed by atoms with van der Waals surface area (Å²) in [4.78, 5) is 2.48. The standard InChI is InChI=1S/C16H25FN2O/c1-11-9-19(12(2)8-18-11)13(3)16-6-5-15(17)7-14(16)10-20-4/h5-7,11-13,18H,8-10H2,1-4H3/t11-,12+,13?/m0/s1. The summed E-state index contributed by atoms with van der Waals surface area (Å²) in [5.41, 5.74) is 2.10. The van der Waals surface area contributed by atoms with E-state index in [-0.39, 0.29) is 11.9 Å². The van der Waals surface area contributed by atoms with Gasteiger partial charge in [0.25, 0.3) is 0 Å². The Morgan fingerprint density at radius 1 is 1.45 bits per heavy atom. The van der Waals surface area contributed by atoms with Gasteiger partial charge in [-0.1, -0.05) is 6.07 Å². The molecule has 0 spiro atoms. The second kappa shape index (κ2) is 6.66. The van der Waals surface area contributed by atoms with Crippen molar-refractivity contribution in [2.24, 2.45) is 0 Å². The van der Waals surface area contributed by atoms with Crippen molar-refractivity contribution in [2.45, 2.75) is 45.5 Å². The predicted molar refractivity (Wildman–Crippen MR) is 79.2 cm³/mol. The van der Waals surface area contributed by atoms with Gasteiger partial charge in [-0.15, -0.1) is 0 Å². The molecule has 1 aromatic rings. The molecule has 0 aliphatic carbocycles. The third-order valence-electron chi connectivity index (χ3n) is 4.16. The lowest BCUT2D eigenvalue weighted by molar-refractivity contribution is 0.101. The van der Waals surface area contributed by atoms with Crippen molar-refractivity contribution in [1.29, 1.82) is 0 Å². The molecule has 1 aromatic carbocycles. The van der Waals surface area contributed by atoms with E-state index in [4.69, 9.17) is 4.74 Å². The molecular weight excluding hydrogens is 255 g/mol. The Hall–Kier alpha value is -0.970. The fraction of sp³-hybridized carbons (Fsp3) is 0.625. The van der Waals surface area contributed by atoms with Crippen molar-refractivity contribution >= 4 is 0 Å². The van der Waals surface area contributed by atoms with E-state index >= 15 is 0 Å². The molecule has 0 bridgehead atoms. The van der Waals surface area contributed by atoms with Gasteiger partial charge in [0.05, 0.1) is 6.61 Å². The van der Waals surface area contributed by atoms with Crippen LogP contribution in [0.1, 0.15) is 37.9 Å². The zero-order chi connectivity index (χ0) is 14.7. The summed E-state index contributed by atoms with van der Waals surface area (Å²) in [5.74, 6) is -0.199. The van der Waals surface area contributed by atoms with E-state index in [1.54, 1.807) is 19.2 Å². The maximum absolute atomic E-state index is 13.4. The number of piperazine rings is 1. The van der Waals surface area contributed by atoms with E-state index in [9.17, 15) is 4.39 Å². The second-order valence-corrected chi connectivity index (χ2v) is 5.81. The molecule has 112 valence electrons. The van der Waals surface area contributed by atoms with Gasteiger partial charge in [-0.3, -0.25) is 4.90 Å². The number of nitrogens with zero attached hydrogens (tertiary/aromatic N) is 1. The number of hydrogen-bond donors (Lipinski definition) is 1. The molecule has 0 saturated carbocycles. The molecular formula is C16H25FN2O. The van der Waals surface area contributed by atoms with E-state index in [1.165, 1.54) is 0 Å². The molecule has 4 heteroatoms. The Balaban J connectivity index is 2.25. The van der Waals surface area contributed by atoms with Crippen LogP contribution in [-0.2, 0) is 11.3 Å². The van der Waals surface area contributed by atoms with Crippen LogP contribution in [0.4, 0.5) is 4.39 Å². The van der Waals surface area contributed by atoms with Crippen molar-refractivity contribution in [3.63, 3.8) is 0 Å². The zero-order valence-electron chi connectivity index (χ0n) is 12.8. The van der Waals surface area contributed by atoms with E-state index in [1.807, 2.05) is 6.07 Å². The van der Waals surface area contributed by atoms with Crippen LogP contribution in [0.5, 0.6) is 0 Å². The minimum atomic E-state index is -0.199. The van der Waals surface area contributed by atoms with E-state index in [0.29, 0.717) is 18.7 Å². The molecule has 0 radical (unpaired) electrons. The predicted octanol–water partition coefficient (Wildman–Crippen LogP) is 2.72.